The van der Waals surface area contributed by atoms with Gasteiger partial charge in [0.05, 0.1) is 0 Å². The molecule has 0 aromatic heterocycles. The van der Waals surface area contributed by atoms with E-state index in [0.717, 1.165) is 0 Å². The zero-order valence-corrected chi connectivity index (χ0v) is 23.0. The molecule has 0 bridgehead atoms. The Labute approximate surface area is 216 Å². The van der Waals surface area contributed by atoms with E-state index in [4.69, 9.17) is 0 Å². The summed E-state index contributed by atoms with van der Waals surface area (Å²) in [5.41, 5.74) is 8.79. The van der Waals surface area contributed by atoms with Crippen molar-refractivity contribution in [2.45, 2.75) is 69.2 Å². The van der Waals surface area contributed by atoms with Crippen LogP contribution in [0, 0.1) is 23.0 Å². The van der Waals surface area contributed by atoms with Gasteiger partial charge in [0.15, 0.2) is 0 Å². The van der Waals surface area contributed by atoms with E-state index in [-0.39, 0.29) is 28.2 Å². The molecule has 1 radical (unpaired) electrons. The molecule has 0 heterocycles. The molecule has 0 N–H and O–H groups in total. The second-order valence-corrected chi connectivity index (χ2v) is 8.73. The van der Waals surface area contributed by atoms with Gasteiger partial charge in [-0.25, -0.2) is 11.1 Å². The largest absolute Gasteiger partial charge is 5.00 e. The molecule has 16 heteroatoms. The van der Waals surface area contributed by atoms with Crippen LogP contribution < -0.4 is 0 Å². The fourth-order valence-electron chi connectivity index (χ4n) is 2.81. The smallest absolute Gasteiger partial charge is 0.418 e. The van der Waals surface area contributed by atoms with E-state index in [1.165, 1.54) is 33.4 Å². The van der Waals surface area contributed by atoms with E-state index in [2.05, 4.69) is 81.4 Å². The van der Waals surface area contributed by atoms with Gasteiger partial charge in [-0.2, -0.15) is 22.3 Å². The Bertz CT molecular complexity index is 719. The Balaban J connectivity index is -0.000000185. The fraction of sp³-hybridized carbons (Fsp3) is 0.600. The van der Waals surface area contributed by atoms with Gasteiger partial charge in [0.1, 0.15) is 0 Å². The summed E-state index contributed by atoms with van der Waals surface area (Å²) >= 11 is 0. The molecule has 0 aromatic carbocycles. The molecule has 2 rings (SSSR count). The first-order valence-electron chi connectivity index (χ1n) is 10.1. The molecule has 0 atom stereocenters. The molecule has 2 aliphatic carbocycles. The molecule has 0 fully saturated rings. The number of rotatable bonds is 0. The predicted molar refractivity (Wildman–Crippen MR) is 120 cm³/mol. The Morgan fingerprint density at radius 2 is 0.583 bits per heavy atom. The van der Waals surface area contributed by atoms with E-state index >= 15 is 0 Å². The average Bonchev–Trinajstić information content (AvgIpc) is 2.81. The summed E-state index contributed by atoms with van der Waals surface area (Å²) in [7, 11) is -18.0. The van der Waals surface area contributed by atoms with Gasteiger partial charge in [-0.05, 0) is 0 Å². The zero-order chi connectivity index (χ0) is 29.4. The van der Waals surface area contributed by atoms with Gasteiger partial charge in [0.2, 0.25) is 0 Å². The maximum absolute atomic E-state index is 9.75. The van der Waals surface area contributed by atoms with Crippen LogP contribution in [0.1, 0.15) is 69.2 Å². The van der Waals surface area contributed by atoms with E-state index < -0.39 is 21.8 Å². The van der Waals surface area contributed by atoms with Crippen LogP contribution in [-0.2, 0) is 17.4 Å². The van der Waals surface area contributed by atoms with E-state index in [1.807, 2.05) is 0 Å². The summed E-state index contributed by atoms with van der Waals surface area (Å²) in [6.45, 7) is 21.8. The number of halogens is 12. The molecule has 0 nitrogen and oxygen atoms in total. The predicted octanol–water partition coefficient (Wildman–Crippen LogP) is 10.1. The molecule has 209 valence electrons. The van der Waals surface area contributed by atoms with Gasteiger partial charge in [-0.3, -0.25) is 12.2 Å². The van der Waals surface area contributed by atoms with Crippen LogP contribution in [0.3, 0.4) is 0 Å². The summed E-state index contributed by atoms with van der Waals surface area (Å²) in [6.07, 6.45) is 6.87. The monoisotopic (exact) mass is 583 g/mol. The molecule has 2 aliphatic rings. The van der Waals surface area contributed by atoms with Crippen LogP contribution >= 0.6 is 0 Å². The number of allylic oxidation sites excluding steroid dienone is 8. The first-order chi connectivity index (χ1) is 14.9. The van der Waals surface area contributed by atoms with Crippen LogP contribution in [-0.4, -0.2) is 21.8 Å². The van der Waals surface area contributed by atoms with Crippen LogP contribution in [0.5, 0.6) is 0 Å². The molecule has 0 aliphatic heterocycles. The molecule has 0 amide bonds. The fourth-order valence-corrected chi connectivity index (χ4v) is 2.81. The SMILES string of the molecule is CC1=[C-]C(C)(C)C(C)=C1C.CC1=[C-]C(C)(C)C(C)=C1C.F[B-](F)(F)F.F[B-](F)(F)F.F[B-](F)(F)F.[Cr+5]. The average molecular weight is 583 g/mol. The maximum atomic E-state index is 9.75. The molecule has 0 unspecified atom stereocenters. The van der Waals surface area contributed by atoms with Gasteiger partial charge < -0.3 is 51.8 Å². The summed E-state index contributed by atoms with van der Waals surface area (Å²) in [4.78, 5) is 0. The van der Waals surface area contributed by atoms with Crippen LogP contribution in [0.25, 0.3) is 0 Å². The van der Waals surface area contributed by atoms with Crippen molar-refractivity contribution in [1.29, 1.82) is 0 Å². The van der Waals surface area contributed by atoms with E-state index in [0.29, 0.717) is 0 Å². The van der Waals surface area contributed by atoms with Gasteiger partial charge in [0.25, 0.3) is 0 Å². The van der Waals surface area contributed by atoms with Crippen molar-refractivity contribution in [2.75, 3.05) is 0 Å². The van der Waals surface area contributed by atoms with Crippen LogP contribution in [0.4, 0.5) is 51.8 Å². The number of hydrogen-bond donors (Lipinski definition) is 0. The van der Waals surface area contributed by atoms with Crippen molar-refractivity contribution in [2.24, 2.45) is 10.8 Å². The molecule has 0 spiro atoms. The van der Waals surface area contributed by atoms with Crippen molar-refractivity contribution in [3.05, 3.63) is 45.6 Å². The summed E-state index contributed by atoms with van der Waals surface area (Å²) in [5, 5.41) is 0. The first-order valence-corrected chi connectivity index (χ1v) is 10.1. The molecule has 36 heavy (non-hydrogen) atoms. The standard InChI is InChI=1S/2C10H15.3BF4.Cr/c2*1-7-6-10(4,5)9(3)8(7)2;3*2-1(3,4)5;/h2*1-5H3;;;;/q5*-1;+5. The van der Waals surface area contributed by atoms with Gasteiger partial charge >= 0.3 is 39.1 Å². The first kappa shape index (κ1) is 42.0. The Kier molecular flexibility index (Phi) is 17.8. The van der Waals surface area contributed by atoms with Crippen LogP contribution in [0.15, 0.2) is 33.4 Å². The summed E-state index contributed by atoms with van der Waals surface area (Å²) in [5.74, 6) is 0. The maximum Gasteiger partial charge on any atom is 5.00 e. The molecular formula is C20H30B3CrF12. The van der Waals surface area contributed by atoms with Crippen molar-refractivity contribution >= 4 is 21.8 Å². The molecule has 0 saturated carbocycles. The third-order valence-electron chi connectivity index (χ3n) is 5.12. The minimum Gasteiger partial charge on any atom is -0.418 e. The van der Waals surface area contributed by atoms with Crippen molar-refractivity contribution in [3.63, 3.8) is 0 Å². The molecule has 0 saturated heterocycles. The topological polar surface area (TPSA) is 0 Å². The Morgan fingerprint density at radius 1 is 0.444 bits per heavy atom. The molecular weight excluding hydrogens is 553 g/mol. The third kappa shape index (κ3) is 24.5. The van der Waals surface area contributed by atoms with Crippen molar-refractivity contribution in [3.8, 4) is 0 Å². The Hall–Kier alpha value is -1.15. The second-order valence-electron chi connectivity index (χ2n) is 8.73. The van der Waals surface area contributed by atoms with Crippen LogP contribution in [0.2, 0.25) is 0 Å². The quantitative estimate of drug-likeness (QED) is 0.151. The summed E-state index contributed by atoms with van der Waals surface area (Å²) < 4.78 is 117. The Morgan fingerprint density at radius 3 is 0.611 bits per heavy atom. The van der Waals surface area contributed by atoms with Crippen molar-refractivity contribution < 1.29 is 69.1 Å². The number of hydrogen-bond acceptors (Lipinski definition) is 0. The summed E-state index contributed by atoms with van der Waals surface area (Å²) in [6, 6.07) is 0. The molecule has 0 aromatic rings. The normalized spacial score (nSPS) is 18.1. The van der Waals surface area contributed by atoms with Gasteiger partial charge in [0, 0.05) is 0 Å². The van der Waals surface area contributed by atoms with Gasteiger partial charge in [-0.15, -0.1) is 13.8 Å². The second kappa shape index (κ2) is 15.3. The minimum absolute atomic E-state index is 0. The van der Waals surface area contributed by atoms with E-state index in [9.17, 15) is 51.8 Å². The van der Waals surface area contributed by atoms with E-state index in [1.54, 1.807) is 0 Å². The van der Waals surface area contributed by atoms with Gasteiger partial charge in [-0.1, -0.05) is 66.2 Å². The third-order valence-corrected chi connectivity index (χ3v) is 5.12. The van der Waals surface area contributed by atoms with Crippen molar-refractivity contribution in [1.82, 2.24) is 0 Å². The minimum atomic E-state index is -6.00. The zero-order valence-electron chi connectivity index (χ0n) is 21.7.